The molecule has 0 bridgehead atoms. The third kappa shape index (κ3) is 2.43. The minimum Gasteiger partial charge on any atom is -0.369 e. The van der Waals surface area contributed by atoms with Crippen molar-refractivity contribution in [1.29, 1.82) is 0 Å². The van der Waals surface area contributed by atoms with E-state index < -0.39 is 0 Å². The predicted molar refractivity (Wildman–Crippen MR) is 67.3 cm³/mol. The molecule has 0 atom stereocenters. The molecule has 1 aliphatic heterocycles. The Morgan fingerprint density at radius 2 is 2.19 bits per heavy atom. The SMILES string of the molecule is CC1(C)CN=C(c2ccc(F)cc2Br)NC1. The number of hydrogen-bond donors (Lipinski definition) is 1. The highest BCUT2D eigenvalue weighted by molar-refractivity contribution is 9.10. The zero-order valence-electron chi connectivity index (χ0n) is 9.35. The van der Waals surface area contributed by atoms with Crippen LogP contribution in [0.25, 0.3) is 0 Å². The molecular weight excluding hydrogens is 271 g/mol. The minimum atomic E-state index is -0.243. The number of aliphatic imine (C=N–C) groups is 1. The third-order valence-electron chi connectivity index (χ3n) is 2.59. The van der Waals surface area contributed by atoms with Crippen LogP contribution in [0.2, 0.25) is 0 Å². The molecule has 0 radical (unpaired) electrons. The lowest BCUT2D eigenvalue weighted by Gasteiger charge is -2.29. The Morgan fingerprint density at radius 3 is 2.75 bits per heavy atom. The number of halogens is 2. The lowest BCUT2D eigenvalue weighted by atomic mass is 9.92. The van der Waals surface area contributed by atoms with Crippen LogP contribution in [-0.4, -0.2) is 18.9 Å². The van der Waals surface area contributed by atoms with Crippen LogP contribution in [0.15, 0.2) is 27.7 Å². The zero-order chi connectivity index (χ0) is 11.8. The molecule has 0 fully saturated rings. The van der Waals surface area contributed by atoms with Gasteiger partial charge in [0, 0.05) is 28.5 Å². The summed E-state index contributed by atoms with van der Waals surface area (Å²) in [6.07, 6.45) is 0. The van der Waals surface area contributed by atoms with E-state index in [0.29, 0.717) is 0 Å². The minimum absolute atomic E-state index is 0.190. The molecule has 0 saturated carbocycles. The highest BCUT2D eigenvalue weighted by Gasteiger charge is 2.23. The normalized spacial score (nSPS) is 18.9. The molecule has 2 nitrogen and oxygen atoms in total. The van der Waals surface area contributed by atoms with Gasteiger partial charge in [0.05, 0.1) is 0 Å². The van der Waals surface area contributed by atoms with Gasteiger partial charge in [0.25, 0.3) is 0 Å². The number of rotatable bonds is 1. The molecule has 0 spiro atoms. The van der Waals surface area contributed by atoms with Crippen molar-refractivity contribution >= 4 is 21.8 Å². The Kier molecular flexibility index (Phi) is 3.02. The van der Waals surface area contributed by atoms with Crippen LogP contribution in [-0.2, 0) is 0 Å². The van der Waals surface area contributed by atoms with Gasteiger partial charge in [-0.1, -0.05) is 13.8 Å². The van der Waals surface area contributed by atoms with Gasteiger partial charge in [0.1, 0.15) is 11.7 Å². The first-order valence-electron chi connectivity index (χ1n) is 5.22. The van der Waals surface area contributed by atoms with E-state index in [2.05, 4.69) is 40.1 Å². The van der Waals surface area contributed by atoms with Crippen molar-refractivity contribution in [3.8, 4) is 0 Å². The second kappa shape index (κ2) is 4.17. The standard InChI is InChI=1S/C12H14BrFN2/c1-12(2)6-15-11(16-7-12)9-4-3-8(14)5-10(9)13/h3-5H,6-7H2,1-2H3,(H,15,16). The topological polar surface area (TPSA) is 24.4 Å². The first kappa shape index (κ1) is 11.6. The molecule has 0 aromatic heterocycles. The fourth-order valence-electron chi connectivity index (χ4n) is 1.59. The van der Waals surface area contributed by atoms with Crippen LogP contribution in [0.4, 0.5) is 4.39 Å². The number of nitrogens with zero attached hydrogens (tertiary/aromatic N) is 1. The maximum absolute atomic E-state index is 12.9. The molecule has 4 heteroatoms. The summed E-state index contributed by atoms with van der Waals surface area (Å²) in [5.74, 6) is 0.596. The molecular formula is C12H14BrFN2. The van der Waals surface area contributed by atoms with Crippen LogP contribution in [0.5, 0.6) is 0 Å². The van der Waals surface area contributed by atoms with Crippen molar-refractivity contribution < 1.29 is 4.39 Å². The van der Waals surface area contributed by atoms with Crippen LogP contribution in [0.1, 0.15) is 19.4 Å². The largest absolute Gasteiger partial charge is 0.369 e. The fraction of sp³-hybridized carbons (Fsp3) is 0.417. The first-order valence-corrected chi connectivity index (χ1v) is 6.01. The summed E-state index contributed by atoms with van der Waals surface area (Å²) in [6.45, 7) is 6.01. The maximum Gasteiger partial charge on any atom is 0.129 e. The summed E-state index contributed by atoms with van der Waals surface area (Å²) in [7, 11) is 0. The van der Waals surface area contributed by atoms with Gasteiger partial charge in [0.15, 0.2) is 0 Å². The zero-order valence-corrected chi connectivity index (χ0v) is 10.9. The highest BCUT2D eigenvalue weighted by Crippen LogP contribution is 2.22. The lowest BCUT2D eigenvalue weighted by molar-refractivity contribution is 0.362. The van der Waals surface area contributed by atoms with Crippen LogP contribution < -0.4 is 5.32 Å². The Hall–Kier alpha value is -0.900. The summed E-state index contributed by atoms with van der Waals surface area (Å²) < 4.78 is 13.7. The van der Waals surface area contributed by atoms with E-state index in [-0.39, 0.29) is 11.2 Å². The van der Waals surface area contributed by atoms with Crippen molar-refractivity contribution in [3.05, 3.63) is 34.1 Å². The molecule has 0 amide bonds. The molecule has 16 heavy (non-hydrogen) atoms. The molecule has 2 rings (SSSR count). The van der Waals surface area contributed by atoms with E-state index in [1.165, 1.54) is 12.1 Å². The molecule has 0 unspecified atom stereocenters. The van der Waals surface area contributed by atoms with E-state index in [0.717, 1.165) is 29.0 Å². The van der Waals surface area contributed by atoms with Gasteiger partial charge >= 0.3 is 0 Å². The Balaban J connectivity index is 2.29. The van der Waals surface area contributed by atoms with Crippen LogP contribution in [0.3, 0.4) is 0 Å². The van der Waals surface area contributed by atoms with Crippen molar-refractivity contribution in [1.82, 2.24) is 5.32 Å². The number of nitrogens with one attached hydrogen (secondary N) is 1. The molecule has 0 saturated heterocycles. The number of benzene rings is 1. The van der Waals surface area contributed by atoms with E-state index >= 15 is 0 Å². The van der Waals surface area contributed by atoms with E-state index in [4.69, 9.17) is 0 Å². The summed E-state index contributed by atoms with van der Waals surface area (Å²) in [6, 6.07) is 4.65. The first-order chi connectivity index (χ1) is 7.48. The van der Waals surface area contributed by atoms with Gasteiger partial charge in [-0.2, -0.15) is 0 Å². The van der Waals surface area contributed by atoms with Gasteiger partial charge in [-0.25, -0.2) is 4.39 Å². The Labute approximate surface area is 103 Å². The molecule has 86 valence electrons. The monoisotopic (exact) mass is 284 g/mol. The van der Waals surface area contributed by atoms with Gasteiger partial charge < -0.3 is 5.32 Å². The van der Waals surface area contributed by atoms with Gasteiger partial charge in [-0.15, -0.1) is 0 Å². The Morgan fingerprint density at radius 1 is 1.44 bits per heavy atom. The van der Waals surface area contributed by atoms with Crippen molar-refractivity contribution in [3.63, 3.8) is 0 Å². The lowest BCUT2D eigenvalue weighted by Crippen LogP contribution is -2.41. The summed E-state index contributed by atoms with van der Waals surface area (Å²) in [5, 5.41) is 3.28. The number of hydrogen-bond acceptors (Lipinski definition) is 2. The van der Waals surface area contributed by atoms with Crippen LogP contribution >= 0.6 is 15.9 Å². The summed E-state index contributed by atoms with van der Waals surface area (Å²) in [5.41, 5.74) is 1.10. The van der Waals surface area contributed by atoms with Gasteiger partial charge in [0.2, 0.25) is 0 Å². The fourth-order valence-corrected chi connectivity index (χ4v) is 2.13. The average Bonchev–Trinajstić information content (AvgIpc) is 2.19. The van der Waals surface area contributed by atoms with E-state index in [9.17, 15) is 4.39 Å². The van der Waals surface area contributed by atoms with E-state index in [1.807, 2.05) is 0 Å². The molecule has 0 aliphatic carbocycles. The predicted octanol–water partition coefficient (Wildman–Crippen LogP) is 2.96. The average molecular weight is 285 g/mol. The van der Waals surface area contributed by atoms with Crippen molar-refractivity contribution in [2.45, 2.75) is 13.8 Å². The Bertz CT molecular complexity index is 441. The second-order valence-electron chi connectivity index (χ2n) is 4.81. The number of amidine groups is 1. The molecule has 1 aliphatic rings. The molecule has 1 aromatic carbocycles. The summed E-state index contributed by atoms with van der Waals surface area (Å²) >= 11 is 3.35. The van der Waals surface area contributed by atoms with Crippen molar-refractivity contribution in [2.24, 2.45) is 10.4 Å². The maximum atomic E-state index is 12.9. The summed E-state index contributed by atoms with van der Waals surface area (Å²) in [4.78, 5) is 4.50. The van der Waals surface area contributed by atoms with Crippen molar-refractivity contribution in [2.75, 3.05) is 13.1 Å². The van der Waals surface area contributed by atoms with Gasteiger partial charge in [-0.05, 0) is 34.1 Å². The molecule has 1 N–H and O–H groups in total. The van der Waals surface area contributed by atoms with Crippen LogP contribution in [0, 0.1) is 11.2 Å². The van der Waals surface area contributed by atoms with E-state index in [1.54, 1.807) is 6.07 Å². The highest BCUT2D eigenvalue weighted by atomic mass is 79.9. The third-order valence-corrected chi connectivity index (χ3v) is 3.24. The second-order valence-corrected chi connectivity index (χ2v) is 5.66. The molecule has 1 heterocycles. The van der Waals surface area contributed by atoms with Gasteiger partial charge in [-0.3, -0.25) is 4.99 Å². The quantitative estimate of drug-likeness (QED) is 0.843. The smallest absolute Gasteiger partial charge is 0.129 e. The molecule has 1 aromatic rings.